The first-order valence-corrected chi connectivity index (χ1v) is 37.7. The molecule has 5 amide bonds. The molecule has 0 radical (unpaired) electrons. The van der Waals surface area contributed by atoms with Gasteiger partial charge in [-0.05, 0) is 209 Å². The van der Waals surface area contributed by atoms with E-state index >= 15 is 0 Å². The molecule has 0 spiro atoms. The zero-order valence-corrected chi connectivity index (χ0v) is 65.8. The second-order valence-electron chi connectivity index (χ2n) is 28.1. The highest BCUT2D eigenvalue weighted by molar-refractivity contribution is 7.98. The van der Waals surface area contributed by atoms with Crippen molar-refractivity contribution < 1.29 is 71.0 Å². The summed E-state index contributed by atoms with van der Waals surface area (Å²) in [4.78, 5) is 82.9. The highest BCUT2D eigenvalue weighted by Crippen LogP contribution is 2.38. The van der Waals surface area contributed by atoms with E-state index in [0.717, 1.165) is 97.9 Å². The van der Waals surface area contributed by atoms with E-state index in [9.17, 15) is 33.2 Å². The molecule has 1 atom stereocenters. The van der Waals surface area contributed by atoms with E-state index in [1.165, 1.54) is 7.11 Å². The topological polar surface area (TPSA) is 212 Å². The van der Waals surface area contributed by atoms with E-state index in [1.807, 2.05) is 180 Å². The molecule has 1 unspecified atom stereocenters. The van der Waals surface area contributed by atoms with Gasteiger partial charge in [-0.2, -0.15) is 0 Å². The van der Waals surface area contributed by atoms with Gasteiger partial charge in [-0.1, -0.05) is 61.4 Å². The first kappa shape index (κ1) is 96.3. The van der Waals surface area contributed by atoms with Crippen LogP contribution in [0.25, 0.3) is 11.0 Å². The summed E-state index contributed by atoms with van der Waals surface area (Å²) in [6, 6.07) is 33.6. The molecule has 0 N–H and O–H groups in total. The van der Waals surface area contributed by atoms with Crippen molar-refractivity contribution in [1.29, 1.82) is 0 Å². The maximum Gasteiger partial charge on any atom is 0.329 e. The largest absolute Gasteiger partial charge is 0.494 e. The van der Waals surface area contributed by atoms with Gasteiger partial charge in [0.05, 0.1) is 49.6 Å². The summed E-state index contributed by atoms with van der Waals surface area (Å²) in [5.41, 5.74) is 10.4. The molecule has 6 aromatic carbocycles. The number of rotatable bonds is 23. The number of thioether (sulfide) groups is 1. The average molecular weight is 1560 g/mol. The molecule has 7 aromatic rings. The minimum absolute atomic E-state index is 0. The first-order chi connectivity index (χ1) is 50.7. The summed E-state index contributed by atoms with van der Waals surface area (Å²) in [7, 11) is 8.09. The molecule has 0 bridgehead atoms. The number of aryl methyl sites for hydroxylation is 1. The molecule has 6 aliphatic rings. The van der Waals surface area contributed by atoms with Gasteiger partial charge < -0.3 is 67.1 Å². The number of ether oxygens (including phenoxy) is 9. The monoisotopic (exact) mass is 1560 g/mol. The number of aromatic nitrogens is 2. The number of methoxy groups -OCH3 is 4. The summed E-state index contributed by atoms with van der Waals surface area (Å²) in [6.07, 6.45) is 4.44. The van der Waals surface area contributed by atoms with Crippen molar-refractivity contribution in [3.05, 3.63) is 175 Å². The summed E-state index contributed by atoms with van der Waals surface area (Å²) < 4.78 is 65.6. The molecule has 22 nitrogen and oxygen atoms in total. The molecule has 1 saturated heterocycles. The van der Waals surface area contributed by atoms with Crippen LogP contribution in [0.4, 0.5) is 4.39 Å². The fourth-order valence-electron chi connectivity index (χ4n) is 12.9. The van der Waals surface area contributed by atoms with Gasteiger partial charge in [0.2, 0.25) is 0 Å². The number of nitrogens with zero attached hydrogens (tertiary/aromatic N) is 7. The molecule has 1 aromatic heterocycles. The Morgan fingerprint density at radius 2 is 0.865 bits per heavy atom. The van der Waals surface area contributed by atoms with Crippen molar-refractivity contribution in [1.82, 2.24) is 33.6 Å². The second-order valence-corrected chi connectivity index (χ2v) is 29.0. The first-order valence-electron chi connectivity index (χ1n) is 36.4. The SMILES string of the molecule is C.C.C.C.C.CC(C)N1Cc2cc(OCC3CCCO3)ccc2C1=O.CC(C)n1c(=O)n(C)c2ccccc21.COCCOc1cc2c(cc1OCCOC)C(=O)N(C(C)C)C2.COCCOc1ccc2c(c1)CN(C(C)C)C2=O.COc1ccc2c(c1F)C(=O)N(C(C)C)C2.CSc1ccc2c(c1)C(=O)N(C(C)C)C2. The molecule has 111 heavy (non-hydrogen) atoms. The van der Waals surface area contributed by atoms with Crippen LogP contribution >= 0.6 is 11.8 Å². The smallest absolute Gasteiger partial charge is 0.329 e. The third-order valence-electron chi connectivity index (χ3n) is 18.9. The molecule has 13 rings (SSSR count). The summed E-state index contributed by atoms with van der Waals surface area (Å²) in [6.45, 7) is 31.7. The number of benzene rings is 6. The third-order valence-corrected chi connectivity index (χ3v) is 19.7. The van der Waals surface area contributed by atoms with Gasteiger partial charge in [0.15, 0.2) is 23.1 Å². The number of hydrogen-bond acceptors (Lipinski definition) is 16. The number of hydrogen-bond donors (Lipinski definition) is 0. The number of carbonyl (C=O) groups excluding carboxylic acids is 5. The lowest BCUT2D eigenvalue weighted by Gasteiger charge is -2.19. The van der Waals surface area contributed by atoms with Crippen LogP contribution in [0.1, 0.15) is 219 Å². The third kappa shape index (κ3) is 23.6. The van der Waals surface area contributed by atoms with Gasteiger partial charge in [-0.25, -0.2) is 9.18 Å². The van der Waals surface area contributed by atoms with Crippen molar-refractivity contribution >= 4 is 52.3 Å². The molecular weight excluding hydrogens is 1430 g/mol. The lowest BCUT2D eigenvalue weighted by Crippen LogP contribution is -2.31. The quantitative estimate of drug-likeness (QED) is 0.0430. The van der Waals surface area contributed by atoms with Crippen molar-refractivity contribution in [2.45, 2.75) is 213 Å². The van der Waals surface area contributed by atoms with Gasteiger partial charge in [0.25, 0.3) is 29.5 Å². The standard InChI is InChI=1S/C17H25NO5.C16H21NO3.C14H19NO3.C12H14FNO2.C12H15NOS.C11H14N2O.5CH4/c1-12(2)18-11-13-9-15(22-7-5-20-3)16(23-8-6-21-4)10-14(13)17(18)19;1-11(2)17-9-12-8-13(5-6-15(12)16(17)18)20-10-14-4-3-7-19-14;1-10(2)15-9-11-8-12(18-7-6-17-3)4-5-13(11)14(15)16;1-7(2)14-6-8-4-5-9(16-3)11(13)10(8)12(14)15;1-8(2)13-7-9-4-5-10(15-3)6-11(9)12(13)14;1-8(2)13-10-7-5-4-6-9(10)12(3)11(13)14;;;;;/h9-10,12H,5-8,11H2,1-4H3;5-6,8,11,14H,3-4,7,9-10H2,1-2H3;4-5,8,10H,6-7,9H2,1-3H3;4-5,7H,6H2,1-3H3;4-6,8H,7H2,1-3H3;4-8H,1-3H3;5*1H4. The van der Waals surface area contributed by atoms with Gasteiger partial charge in [0.1, 0.15) is 37.9 Å². The molecule has 1 fully saturated rings. The minimum Gasteiger partial charge on any atom is -0.494 e. The Balaban J connectivity index is 0.000000344. The highest BCUT2D eigenvalue weighted by Gasteiger charge is 2.36. The lowest BCUT2D eigenvalue weighted by atomic mass is 10.1. The maximum atomic E-state index is 13.9. The molecular formula is C87H128FN7O15S. The van der Waals surface area contributed by atoms with Crippen LogP contribution in [0.3, 0.4) is 0 Å². The summed E-state index contributed by atoms with van der Waals surface area (Å²) in [5.74, 6) is 2.61. The normalized spacial score (nSPS) is 14.6. The Morgan fingerprint density at radius 1 is 0.441 bits per heavy atom. The number of imidazole rings is 1. The molecule has 0 saturated carbocycles. The Bertz CT molecular complexity index is 4240. The van der Waals surface area contributed by atoms with Crippen molar-refractivity contribution in [2.24, 2.45) is 7.05 Å². The predicted octanol–water partition coefficient (Wildman–Crippen LogP) is 16.9. The zero-order chi connectivity index (χ0) is 77.2. The predicted molar refractivity (Wildman–Crippen MR) is 443 cm³/mol. The van der Waals surface area contributed by atoms with Crippen molar-refractivity contribution in [2.75, 3.05) is 87.6 Å². The fraction of sp³-hybridized carbons (Fsp3) is 0.517. The van der Waals surface area contributed by atoms with Gasteiger partial charge in [-0.3, -0.25) is 33.1 Å². The number of carbonyl (C=O) groups is 5. The fourth-order valence-corrected chi connectivity index (χ4v) is 13.4. The van der Waals surface area contributed by atoms with E-state index in [-0.39, 0.29) is 126 Å². The van der Waals surface area contributed by atoms with Crippen LogP contribution in [-0.4, -0.2) is 187 Å². The van der Waals surface area contributed by atoms with Crippen molar-refractivity contribution in [3.63, 3.8) is 0 Å². The van der Waals surface area contributed by atoms with E-state index < -0.39 is 5.82 Å². The average Bonchev–Trinajstić information content (AvgIpc) is 1.66. The number of halogens is 1. The van der Waals surface area contributed by atoms with Gasteiger partial charge in [0, 0.05) is 131 Å². The van der Waals surface area contributed by atoms with Crippen LogP contribution in [0.2, 0.25) is 0 Å². The zero-order valence-electron chi connectivity index (χ0n) is 65.0. The van der Waals surface area contributed by atoms with Crippen LogP contribution in [0.15, 0.2) is 113 Å². The Kier molecular flexibility index (Phi) is 39.0. The van der Waals surface area contributed by atoms with Crippen LogP contribution in [0, 0.1) is 5.82 Å². The number of fused-ring (bicyclic) bond motifs is 6. The summed E-state index contributed by atoms with van der Waals surface area (Å²) >= 11 is 1.68. The van der Waals surface area contributed by atoms with Gasteiger partial charge in [-0.15, -0.1) is 11.8 Å². The van der Waals surface area contributed by atoms with E-state index in [4.69, 9.17) is 42.6 Å². The van der Waals surface area contributed by atoms with E-state index in [2.05, 4.69) is 26.0 Å². The highest BCUT2D eigenvalue weighted by atomic mass is 32.2. The Morgan fingerprint density at radius 3 is 1.32 bits per heavy atom. The summed E-state index contributed by atoms with van der Waals surface area (Å²) in [5, 5.41) is 0. The van der Waals surface area contributed by atoms with Crippen LogP contribution < -0.4 is 29.4 Å². The Labute approximate surface area is 665 Å². The molecule has 0 aliphatic carbocycles. The number of amides is 5. The molecule has 24 heteroatoms. The molecule has 614 valence electrons. The van der Waals surface area contributed by atoms with Crippen LogP contribution in [-0.2, 0) is 58.7 Å². The van der Waals surface area contributed by atoms with E-state index in [0.29, 0.717) is 89.5 Å². The molecule has 6 aliphatic heterocycles. The molecule has 7 heterocycles. The number of para-hydroxylation sites is 2. The second kappa shape index (κ2) is 44.9. The minimum atomic E-state index is -0.548. The Hall–Kier alpha value is -8.94. The van der Waals surface area contributed by atoms with Crippen molar-refractivity contribution in [3.8, 4) is 28.7 Å². The van der Waals surface area contributed by atoms with E-state index in [1.54, 1.807) is 60.8 Å². The van der Waals surface area contributed by atoms with Gasteiger partial charge >= 0.3 is 5.69 Å². The van der Waals surface area contributed by atoms with Crippen LogP contribution in [0.5, 0.6) is 28.7 Å². The lowest BCUT2D eigenvalue weighted by molar-refractivity contribution is 0.0679. The maximum absolute atomic E-state index is 13.9.